The molecule has 0 aliphatic heterocycles. The molecule has 3 N–H and O–H groups in total. The molecular weight excluding hydrogens is 144 g/mol. The number of hydrogen-bond donors (Lipinski definition) is 3. The van der Waals surface area contributed by atoms with E-state index >= 15 is 0 Å². The summed E-state index contributed by atoms with van der Waals surface area (Å²) in [7, 11) is 0. The summed E-state index contributed by atoms with van der Waals surface area (Å²) >= 11 is 0. The van der Waals surface area contributed by atoms with E-state index < -0.39 is 18.3 Å². The quantitative estimate of drug-likeness (QED) is 0.551. The van der Waals surface area contributed by atoms with Gasteiger partial charge < -0.3 is 15.3 Å². The Kier molecular flexibility index (Phi) is 4.65. The molecule has 3 nitrogen and oxygen atoms in total. The molecule has 0 aromatic carbocycles. The monoisotopic (exact) mass is 162 g/mol. The molecule has 0 amide bonds. The molecular formula is C8H18O3. The first kappa shape index (κ1) is 10.9. The Morgan fingerprint density at radius 3 is 1.73 bits per heavy atom. The highest BCUT2D eigenvalue weighted by atomic mass is 16.4. The van der Waals surface area contributed by atoms with Crippen LogP contribution in [0.3, 0.4) is 0 Å². The van der Waals surface area contributed by atoms with Gasteiger partial charge in [0, 0.05) is 0 Å². The van der Waals surface area contributed by atoms with Crippen LogP contribution < -0.4 is 0 Å². The van der Waals surface area contributed by atoms with Crippen molar-refractivity contribution in [2.45, 2.75) is 45.5 Å². The average molecular weight is 162 g/mol. The van der Waals surface area contributed by atoms with E-state index in [1.54, 1.807) is 20.8 Å². The van der Waals surface area contributed by atoms with Crippen LogP contribution in [0.4, 0.5) is 0 Å². The lowest BCUT2D eigenvalue weighted by molar-refractivity contribution is -0.0760. The van der Waals surface area contributed by atoms with Crippen LogP contribution in [-0.4, -0.2) is 33.6 Å². The van der Waals surface area contributed by atoms with Crippen molar-refractivity contribution in [1.82, 2.24) is 0 Å². The molecule has 3 heteroatoms. The SMILES string of the molecule is CC[C@@H](O)[C@H](O)[C@@H](O)C(C)C. The average Bonchev–Trinajstić information content (AvgIpc) is 2.00. The lowest BCUT2D eigenvalue weighted by Gasteiger charge is -2.24. The van der Waals surface area contributed by atoms with E-state index in [0.717, 1.165) is 0 Å². The van der Waals surface area contributed by atoms with Gasteiger partial charge in [-0.1, -0.05) is 20.8 Å². The van der Waals surface area contributed by atoms with Crippen LogP contribution in [-0.2, 0) is 0 Å². The van der Waals surface area contributed by atoms with Crippen molar-refractivity contribution in [2.24, 2.45) is 5.92 Å². The molecule has 3 atom stereocenters. The first-order valence-electron chi connectivity index (χ1n) is 4.04. The second-order valence-electron chi connectivity index (χ2n) is 3.20. The predicted molar refractivity (Wildman–Crippen MR) is 43.1 cm³/mol. The van der Waals surface area contributed by atoms with Gasteiger partial charge in [-0.2, -0.15) is 0 Å². The van der Waals surface area contributed by atoms with Gasteiger partial charge in [-0.05, 0) is 12.3 Å². The topological polar surface area (TPSA) is 60.7 Å². The Labute approximate surface area is 67.7 Å². The number of aliphatic hydroxyl groups is 3. The van der Waals surface area contributed by atoms with E-state index in [9.17, 15) is 10.2 Å². The van der Waals surface area contributed by atoms with Crippen LogP contribution in [0.5, 0.6) is 0 Å². The van der Waals surface area contributed by atoms with E-state index in [2.05, 4.69) is 0 Å². The van der Waals surface area contributed by atoms with Gasteiger partial charge in [0.1, 0.15) is 6.10 Å². The third kappa shape index (κ3) is 3.18. The van der Waals surface area contributed by atoms with E-state index in [4.69, 9.17) is 5.11 Å². The van der Waals surface area contributed by atoms with Gasteiger partial charge >= 0.3 is 0 Å². The van der Waals surface area contributed by atoms with Crippen LogP contribution in [0.25, 0.3) is 0 Å². The molecule has 0 aliphatic carbocycles. The maximum absolute atomic E-state index is 9.29. The Balaban J connectivity index is 3.90. The fourth-order valence-electron chi connectivity index (χ4n) is 0.863. The van der Waals surface area contributed by atoms with Crippen LogP contribution in [0.15, 0.2) is 0 Å². The van der Waals surface area contributed by atoms with Crippen molar-refractivity contribution in [2.75, 3.05) is 0 Å². The molecule has 0 spiro atoms. The molecule has 0 unspecified atom stereocenters. The van der Waals surface area contributed by atoms with Crippen molar-refractivity contribution in [3.05, 3.63) is 0 Å². The molecule has 0 bridgehead atoms. The zero-order valence-electron chi connectivity index (χ0n) is 7.36. The van der Waals surface area contributed by atoms with E-state index in [1.165, 1.54) is 0 Å². The summed E-state index contributed by atoms with van der Waals surface area (Å²) in [6.07, 6.45) is -2.19. The van der Waals surface area contributed by atoms with Crippen molar-refractivity contribution in [3.8, 4) is 0 Å². The molecule has 0 rings (SSSR count). The van der Waals surface area contributed by atoms with E-state index in [0.29, 0.717) is 6.42 Å². The summed E-state index contributed by atoms with van der Waals surface area (Å²) in [4.78, 5) is 0. The maximum Gasteiger partial charge on any atom is 0.106 e. The number of rotatable bonds is 4. The summed E-state index contributed by atoms with van der Waals surface area (Å²) in [6.45, 7) is 5.37. The third-order valence-corrected chi connectivity index (χ3v) is 1.85. The van der Waals surface area contributed by atoms with Gasteiger partial charge in [0.2, 0.25) is 0 Å². The highest BCUT2D eigenvalue weighted by Crippen LogP contribution is 2.10. The van der Waals surface area contributed by atoms with Crippen LogP contribution in [0.2, 0.25) is 0 Å². The summed E-state index contributed by atoms with van der Waals surface area (Å²) < 4.78 is 0. The molecule has 0 aliphatic rings. The number of hydrogen-bond acceptors (Lipinski definition) is 3. The normalized spacial score (nSPS) is 19.9. The van der Waals surface area contributed by atoms with Crippen LogP contribution in [0, 0.1) is 5.92 Å². The highest BCUT2D eigenvalue weighted by Gasteiger charge is 2.25. The van der Waals surface area contributed by atoms with Gasteiger partial charge in [0.05, 0.1) is 12.2 Å². The molecule has 0 saturated carbocycles. The molecule has 0 aromatic heterocycles. The van der Waals surface area contributed by atoms with Crippen molar-refractivity contribution in [3.63, 3.8) is 0 Å². The Bertz CT molecular complexity index is 104. The minimum Gasteiger partial charge on any atom is -0.390 e. The van der Waals surface area contributed by atoms with Crippen molar-refractivity contribution < 1.29 is 15.3 Å². The maximum atomic E-state index is 9.29. The Hall–Kier alpha value is -0.120. The van der Waals surface area contributed by atoms with Crippen LogP contribution >= 0.6 is 0 Å². The summed E-state index contributed by atoms with van der Waals surface area (Å²) in [5.74, 6) is -0.0220. The van der Waals surface area contributed by atoms with Crippen molar-refractivity contribution in [1.29, 1.82) is 0 Å². The van der Waals surface area contributed by atoms with Gasteiger partial charge in [-0.15, -0.1) is 0 Å². The lowest BCUT2D eigenvalue weighted by Crippen LogP contribution is -2.39. The highest BCUT2D eigenvalue weighted by molar-refractivity contribution is 4.76. The summed E-state index contributed by atoms with van der Waals surface area (Å²) in [5, 5.41) is 27.7. The van der Waals surface area contributed by atoms with Gasteiger partial charge in [0.25, 0.3) is 0 Å². The second kappa shape index (κ2) is 4.70. The fourth-order valence-corrected chi connectivity index (χ4v) is 0.863. The van der Waals surface area contributed by atoms with Gasteiger partial charge in [0.15, 0.2) is 0 Å². The zero-order valence-corrected chi connectivity index (χ0v) is 7.36. The minimum absolute atomic E-state index is 0.0220. The van der Waals surface area contributed by atoms with Gasteiger partial charge in [-0.3, -0.25) is 0 Å². The molecule has 0 heterocycles. The molecule has 68 valence electrons. The minimum atomic E-state index is -1.01. The fraction of sp³-hybridized carbons (Fsp3) is 1.00. The summed E-state index contributed by atoms with van der Waals surface area (Å²) in [5.41, 5.74) is 0. The Morgan fingerprint density at radius 1 is 1.00 bits per heavy atom. The third-order valence-electron chi connectivity index (χ3n) is 1.85. The van der Waals surface area contributed by atoms with E-state index in [1.807, 2.05) is 0 Å². The predicted octanol–water partition coefficient (Wildman–Crippen LogP) is 0.135. The smallest absolute Gasteiger partial charge is 0.106 e. The van der Waals surface area contributed by atoms with E-state index in [-0.39, 0.29) is 5.92 Å². The first-order chi connectivity index (χ1) is 5.00. The standard InChI is InChI=1S/C8H18O3/c1-4-6(9)8(11)7(10)5(2)3/h5-11H,4H2,1-3H3/t6-,7+,8+/m1/s1. The first-order valence-corrected chi connectivity index (χ1v) is 4.04. The molecule has 0 aromatic rings. The molecule has 0 saturated heterocycles. The molecule has 0 radical (unpaired) electrons. The van der Waals surface area contributed by atoms with Crippen LogP contribution in [0.1, 0.15) is 27.2 Å². The largest absolute Gasteiger partial charge is 0.390 e. The Morgan fingerprint density at radius 2 is 1.45 bits per heavy atom. The second-order valence-corrected chi connectivity index (χ2v) is 3.20. The zero-order chi connectivity index (χ0) is 9.02. The molecule has 0 fully saturated rings. The summed E-state index contributed by atoms with van der Waals surface area (Å²) in [6, 6.07) is 0. The number of aliphatic hydroxyl groups excluding tert-OH is 3. The molecule has 11 heavy (non-hydrogen) atoms. The lowest BCUT2D eigenvalue weighted by atomic mass is 9.97. The van der Waals surface area contributed by atoms with Crippen molar-refractivity contribution >= 4 is 0 Å². The van der Waals surface area contributed by atoms with Gasteiger partial charge in [-0.25, -0.2) is 0 Å².